The van der Waals surface area contributed by atoms with Crippen molar-refractivity contribution in [3.63, 3.8) is 0 Å². The Balaban J connectivity index is 2.81. The van der Waals surface area contributed by atoms with Crippen molar-refractivity contribution in [3.05, 3.63) is 29.6 Å². The second kappa shape index (κ2) is 5.80. The number of nitrogens with two attached hydrogens (primary N) is 1. The number of hydrogen-bond acceptors (Lipinski definition) is 3. The zero-order valence-electron chi connectivity index (χ0n) is 9.94. The molecule has 0 fully saturated rings. The van der Waals surface area contributed by atoms with E-state index in [1.54, 1.807) is 0 Å². The average molecular weight is 269 g/mol. The van der Waals surface area contributed by atoms with Gasteiger partial charge >= 0.3 is 12.0 Å². The molecule has 8 heteroatoms. The lowest BCUT2D eigenvalue weighted by Gasteiger charge is -2.12. The van der Waals surface area contributed by atoms with Crippen LogP contribution >= 0.6 is 0 Å². The molecule has 19 heavy (non-hydrogen) atoms. The highest BCUT2D eigenvalue weighted by Gasteiger charge is 2.14. The van der Waals surface area contributed by atoms with Gasteiger partial charge in [-0.05, 0) is 25.1 Å². The number of benzene rings is 1. The minimum Gasteiger partial charge on any atom is -0.478 e. The van der Waals surface area contributed by atoms with Gasteiger partial charge in [-0.25, -0.2) is 14.0 Å². The van der Waals surface area contributed by atoms with Gasteiger partial charge in [-0.3, -0.25) is 4.79 Å². The van der Waals surface area contributed by atoms with Crippen molar-refractivity contribution in [1.29, 1.82) is 0 Å². The molecule has 0 aliphatic carbocycles. The summed E-state index contributed by atoms with van der Waals surface area (Å²) in [5.41, 5.74) is 4.45. The second-order valence-electron chi connectivity index (χ2n) is 3.72. The summed E-state index contributed by atoms with van der Waals surface area (Å²) >= 11 is 0. The number of carboxylic acids is 1. The number of carbonyl (C=O) groups is 3. The molecule has 0 saturated carbocycles. The Morgan fingerprint density at radius 2 is 2.00 bits per heavy atom. The van der Waals surface area contributed by atoms with E-state index >= 15 is 0 Å². The van der Waals surface area contributed by atoms with Crippen LogP contribution in [-0.4, -0.2) is 29.1 Å². The summed E-state index contributed by atoms with van der Waals surface area (Å²) in [6.07, 6.45) is 0. The average Bonchev–Trinajstić information content (AvgIpc) is 2.31. The minimum absolute atomic E-state index is 0.181. The predicted molar refractivity (Wildman–Crippen MR) is 64.2 cm³/mol. The summed E-state index contributed by atoms with van der Waals surface area (Å²) in [6.45, 7) is 1.35. The third kappa shape index (κ3) is 3.95. The number of aromatic carboxylic acids is 1. The number of urea groups is 1. The first-order valence-electron chi connectivity index (χ1n) is 5.21. The number of anilines is 1. The Hall–Kier alpha value is -2.64. The molecule has 0 saturated heterocycles. The Bertz CT molecular complexity index is 533. The Morgan fingerprint density at radius 1 is 1.37 bits per heavy atom. The van der Waals surface area contributed by atoms with Gasteiger partial charge in [0.2, 0.25) is 5.91 Å². The van der Waals surface area contributed by atoms with Crippen molar-refractivity contribution < 1.29 is 23.9 Å². The first kappa shape index (κ1) is 14.4. The SMILES string of the molecule is CC(NC(=O)Nc1cc(C(=O)O)ccc1F)C(N)=O. The highest BCUT2D eigenvalue weighted by Crippen LogP contribution is 2.16. The molecule has 1 unspecified atom stereocenters. The fourth-order valence-corrected chi connectivity index (χ4v) is 1.18. The fraction of sp³-hybridized carbons (Fsp3) is 0.182. The first-order chi connectivity index (χ1) is 8.81. The highest BCUT2D eigenvalue weighted by molar-refractivity contribution is 5.95. The van der Waals surface area contributed by atoms with Gasteiger partial charge in [0.05, 0.1) is 11.3 Å². The molecule has 0 spiro atoms. The number of hydrogen-bond donors (Lipinski definition) is 4. The number of halogens is 1. The third-order valence-electron chi connectivity index (χ3n) is 2.24. The quantitative estimate of drug-likeness (QED) is 0.636. The maximum Gasteiger partial charge on any atom is 0.335 e. The molecule has 1 rings (SSSR count). The minimum atomic E-state index is -1.26. The molecule has 1 atom stereocenters. The van der Waals surface area contributed by atoms with Gasteiger partial charge in [-0.15, -0.1) is 0 Å². The Morgan fingerprint density at radius 3 is 2.53 bits per heavy atom. The van der Waals surface area contributed by atoms with Crippen LogP contribution < -0.4 is 16.4 Å². The maximum absolute atomic E-state index is 13.4. The van der Waals surface area contributed by atoms with Crippen LogP contribution in [0.5, 0.6) is 0 Å². The summed E-state index contributed by atoms with van der Waals surface area (Å²) < 4.78 is 13.4. The number of rotatable bonds is 4. The van der Waals surface area contributed by atoms with Crippen molar-refractivity contribution >= 4 is 23.6 Å². The number of amides is 3. The van der Waals surface area contributed by atoms with Crippen molar-refractivity contribution in [3.8, 4) is 0 Å². The van der Waals surface area contributed by atoms with Crippen LogP contribution in [-0.2, 0) is 4.79 Å². The second-order valence-corrected chi connectivity index (χ2v) is 3.72. The molecular formula is C11H12FN3O4. The van der Waals surface area contributed by atoms with Gasteiger partial charge in [0.1, 0.15) is 11.9 Å². The smallest absolute Gasteiger partial charge is 0.335 e. The van der Waals surface area contributed by atoms with E-state index in [1.807, 2.05) is 0 Å². The van der Waals surface area contributed by atoms with E-state index in [0.717, 1.165) is 18.2 Å². The molecule has 102 valence electrons. The van der Waals surface area contributed by atoms with Gasteiger partial charge in [0.25, 0.3) is 0 Å². The normalized spacial score (nSPS) is 11.5. The summed E-state index contributed by atoms with van der Waals surface area (Å²) in [5, 5.41) is 13.0. The lowest BCUT2D eigenvalue weighted by Crippen LogP contribution is -2.44. The van der Waals surface area contributed by atoms with Gasteiger partial charge < -0.3 is 21.5 Å². The molecule has 0 aliphatic rings. The maximum atomic E-state index is 13.4. The monoisotopic (exact) mass is 269 g/mol. The molecule has 0 radical (unpaired) electrons. The molecule has 1 aromatic carbocycles. The summed E-state index contributed by atoms with van der Waals surface area (Å²) in [7, 11) is 0. The van der Waals surface area contributed by atoms with E-state index in [1.165, 1.54) is 6.92 Å². The molecule has 0 heterocycles. The lowest BCUT2D eigenvalue weighted by atomic mass is 10.2. The van der Waals surface area contributed by atoms with Gasteiger partial charge in [0.15, 0.2) is 0 Å². The molecule has 3 amide bonds. The van der Waals surface area contributed by atoms with E-state index in [2.05, 4.69) is 10.6 Å². The van der Waals surface area contributed by atoms with Crippen LogP contribution in [0.3, 0.4) is 0 Å². The van der Waals surface area contributed by atoms with Gasteiger partial charge in [-0.2, -0.15) is 0 Å². The van der Waals surface area contributed by atoms with Crippen LogP contribution in [0.15, 0.2) is 18.2 Å². The zero-order chi connectivity index (χ0) is 14.6. The molecule has 7 nitrogen and oxygen atoms in total. The molecule has 0 bridgehead atoms. The summed E-state index contributed by atoms with van der Waals surface area (Å²) in [6, 6.07) is 1.13. The molecule has 0 aliphatic heterocycles. The van der Waals surface area contributed by atoms with Crippen molar-refractivity contribution in [2.45, 2.75) is 13.0 Å². The van der Waals surface area contributed by atoms with Gasteiger partial charge in [0, 0.05) is 0 Å². The first-order valence-corrected chi connectivity index (χ1v) is 5.21. The molecule has 1 aromatic rings. The molecule has 5 N–H and O–H groups in total. The highest BCUT2D eigenvalue weighted by atomic mass is 19.1. The van der Waals surface area contributed by atoms with Crippen LogP contribution in [0.25, 0.3) is 0 Å². The van der Waals surface area contributed by atoms with E-state index in [4.69, 9.17) is 10.8 Å². The number of nitrogens with one attached hydrogen (secondary N) is 2. The standard InChI is InChI=1S/C11H12FN3O4/c1-5(9(13)16)14-11(19)15-8-4-6(10(17)18)2-3-7(8)12/h2-5H,1H3,(H2,13,16)(H,17,18)(H2,14,15,19). The van der Waals surface area contributed by atoms with Crippen molar-refractivity contribution in [2.75, 3.05) is 5.32 Å². The number of carbonyl (C=O) groups excluding carboxylic acids is 2. The van der Waals surface area contributed by atoms with Gasteiger partial charge in [-0.1, -0.05) is 0 Å². The lowest BCUT2D eigenvalue weighted by molar-refractivity contribution is -0.119. The van der Waals surface area contributed by atoms with Crippen LogP contribution in [0.1, 0.15) is 17.3 Å². The van der Waals surface area contributed by atoms with Crippen LogP contribution in [0.4, 0.5) is 14.9 Å². The van der Waals surface area contributed by atoms with E-state index in [9.17, 15) is 18.8 Å². The molecular weight excluding hydrogens is 257 g/mol. The van der Waals surface area contributed by atoms with Crippen LogP contribution in [0.2, 0.25) is 0 Å². The van der Waals surface area contributed by atoms with Crippen molar-refractivity contribution in [2.24, 2.45) is 5.73 Å². The number of carboxylic acid groups (broad SMARTS) is 1. The third-order valence-corrected chi connectivity index (χ3v) is 2.24. The number of primary amides is 1. The zero-order valence-corrected chi connectivity index (χ0v) is 9.94. The largest absolute Gasteiger partial charge is 0.478 e. The molecule has 0 aromatic heterocycles. The van der Waals surface area contributed by atoms with Crippen LogP contribution in [0, 0.1) is 5.82 Å². The fourth-order valence-electron chi connectivity index (χ4n) is 1.18. The predicted octanol–water partition coefficient (Wildman–Crippen LogP) is 0.519. The Kier molecular flexibility index (Phi) is 4.41. The van der Waals surface area contributed by atoms with E-state index < -0.39 is 29.8 Å². The van der Waals surface area contributed by atoms with Crippen molar-refractivity contribution in [1.82, 2.24) is 5.32 Å². The Labute approximate surface area is 107 Å². The summed E-state index contributed by atoms with van der Waals surface area (Å²) in [5.74, 6) is -2.81. The summed E-state index contributed by atoms with van der Waals surface area (Å²) in [4.78, 5) is 32.8. The van der Waals surface area contributed by atoms with E-state index in [0.29, 0.717) is 0 Å². The topological polar surface area (TPSA) is 122 Å². The van der Waals surface area contributed by atoms with E-state index in [-0.39, 0.29) is 11.3 Å².